The highest BCUT2D eigenvalue weighted by Gasteiger charge is 2.12. The van der Waals surface area contributed by atoms with Crippen LogP contribution in [0.2, 0.25) is 0 Å². The highest BCUT2D eigenvalue weighted by molar-refractivity contribution is 7.89. The van der Waals surface area contributed by atoms with E-state index in [0.29, 0.717) is 49.2 Å². The minimum absolute atomic E-state index is 0.0634. The number of amides is 1. The van der Waals surface area contributed by atoms with Crippen LogP contribution in [0.5, 0.6) is 11.5 Å². The van der Waals surface area contributed by atoms with Crippen molar-refractivity contribution in [2.45, 2.75) is 32.1 Å². The molecule has 0 bridgehead atoms. The maximum Gasteiger partial charge on any atom is 0.251 e. The fourth-order valence-corrected chi connectivity index (χ4v) is 3.08. The van der Waals surface area contributed by atoms with Gasteiger partial charge < -0.3 is 14.8 Å². The van der Waals surface area contributed by atoms with E-state index >= 15 is 0 Å². The summed E-state index contributed by atoms with van der Waals surface area (Å²) in [6.45, 7) is 7.44. The first-order chi connectivity index (χ1) is 13.7. The van der Waals surface area contributed by atoms with Gasteiger partial charge in [-0.1, -0.05) is 26.0 Å². The third kappa shape index (κ3) is 7.07. The first kappa shape index (κ1) is 22.7. The summed E-state index contributed by atoms with van der Waals surface area (Å²) in [4.78, 5) is 12.5. The van der Waals surface area contributed by atoms with Crippen molar-refractivity contribution in [3.8, 4) is 11.5 Å². The molecular weight excluding hydrogens is 392 g/mol. The molecule has 2 aromatic carbocycles. The van der Waals surface area contributed by atoms with Gasteiger partial charge in [-0.25, -0.2) is 13.6 Å². The molecule has 0 aliphatic heterocycles. The van der Waals surface area contributed by atoms with Gasteiger partial charge in [0.2, 0.25) is 10.0 Å². The summed E-state index contributed by atoms with van der Waals surface area (Å²) in [6.07, 6.45) is 0.560. The Balaban J connectivity index is 1.96. The van der Waals surface area contributed by atoms with Gasteiger partial charge in [0.15, 0.2) is 11.5 Å². The zero-order valence-corrected chi connectivity index (χ0v) is 17.8. The van der Waals surface area contributed by atoms with Gasteiger partial charge >= 0.3 is 0 Å². The predicted molar refractivity (Wildman–Crippen MR) is 112 cm³/mol. The molecule has 0 aromatic heterocycles. The molecular formula is C21H28N2O5S. The number of hydrogen-bond donors (Lipinski definition) is 2. The number of benzene rings is 2. The fourth-order valence-electron chi connectivity index (χ4n) is 2.56. The largest absolute Gasteiger partial charge is 0.490 e. The second kappa shape index (κ2) is 10.3. The Labute approximate surface area is 172 Å². The standard InChI is InChI=1S/C21H28N2O5S/c1-4-27-20-13-17(7-10-19(20)28-14-15(2)3)21(24)23-12-11-16-5-8-18(9-6-16)29(22,25)26/h5-10,13,15H,4,11-12,14H2,1-3H3,(H,23,24)(H2,22,25,26). The molecule has 0 radical (unpaired) electrons. The van der Waals surface area contributed by atoms with Gasteiger partial charge in [-0.15, -0.1) is 0 Å². The van der Waals surface area contributed by atoms with E-state index in [-0.39, 0.29) is 10.8 Å². The second-order valence-corrected chi connectivity index (χ2v) is 8.56. The van der Waals surface area contributed by atoms with Crippen LogP contribution in [0, 0.1) is 5.92 Å². The van der Waals surface area contributed by atoms with Crippen molar-refractivity contribution in [3.63, 3.8) is 0 Å². The van der Waals surface area contributed by atoms with Gasteiger partial charge in [-0.2, -0.15) is 0 Å². The van der Waals surface area contributed by atoms with E-state index in [9.17, 15) is 13.2 Å². The van der Waals surface area contributed by atoms with Crippen molar-refractivity contribution < 1.29 is 22.7 Å². The zero-order valence-electron chi connectivity index (χ0n) is 17.0. The molecule has 0 spiro atoms. The topological polar surface area (TPSA) is 108 Å². The third-order valence-electron chi connectivity index (χ3n) is 4.03. The van der Waals surface area contributed by atoms with E-state index in [2.05, 4.69) is 19.2 Å². The van der Waals surface area contributed by atoms with Crippen LogP contribution in [0.15, 0.2) is 47.4 Å². The Kier molecular flexibility index (Phi) is 8.04. The first-order valence-electron chi connectivity index (χ1n) is 9.50. The molecule has 8 heteroatoms. The molecule has 29 heavy (non-hydrogen) atoms. The number of nitrogens with one attached hydrogen (secondary N) is 1. The fraction of sp³-hybridized carbons (Fsp3) is 0.381. The van der Waals surface area contributed by atoms with Gasteiger partial charge in [0.25, 0.3) is 5.91 Å². The molecule has 0 atom stereocenters. The molecule has 1 amide bonds. The lowest BCUT2D eigenvalue weighted by molar-refractivity contribution is 0.0953. The lowest BCUT2D eigenvalue weighted by Gasteiger charge is -2.14. The highest BCUT2D eigenvalue weighted by Crippen LogP contribution is 2.29. The summed E-state index contributed by atoms with van der Waals surface area (Å²) in [5, 5.41) is 7.94. The number of hydrogen-bond acceptors (Lipinski definition) is 5. The van der Waals surface area contributed by atoms with Crippen LogP contribution in [0.4, 0.5) is 0 Å². The zero-order chi connectivity index (χ0) is 21.4. The molecule has 0 heterocycles. The van der Waals surface area contributed by atoms with Crippen molar-refractivity contribution in [1.29, 1.82) is 0 Å². The van der Waals surface area contributed by atoms with E-state index in [4.69, 9.17) is 14.6 Å². The lowest BCUT2D eigenvalue weighted by Crippen LogP contribution is -2.25. The van der Waals surface area contributed by atoms with Gasteiger partial charge in [-0.3, -0.25) is 4.79 Å². The monoisotopic (exact) mass is 420 g/mol. The van der Waals surface area contributed by atoms with Crippen molar-refractivity contribution in [3.05, 3.63) is 53.6 Å². The first-order valence-corrected chi connectivity index (χ1v) is 11.0. The minimum Gasteiger partial charge on any atom is -0.490 e. The van der Waals surface area contributed by atoms with E-state index in [0.717, 1.165) is 5.56 Å². The van der Waals surface area contributed by atoms with Crippen LogP contribution in [0.25, 0.3) is 0 Å². The van der Waals surface area contributed by atoms with Crippen molar-refractivity contribution >= 4 is 15.9 Å². The van der Waals surface area contributed by atoms with E-state index in [1.807, 2.05) is 6.92 Å². The number of nitrogens with two attached hydrogens (primary N) is 1. The van der Waals surface area contributed by atoms with E-state index in [1.54, 1.807) is 30.3 Å². The molecule has 0 unspecified atom stereocenters. The second-order valence-electron chi connectivity index (χ2n) is 6.99. The van der Waals surface area contributed by atoms with Gasteiger partial charge in [0.05, 0.1) is 18.1 Å². The molecule has 0 fully saturated rings. The SMILES string of the molecule is CCOc1cc(C(=O)NCCc2ccc(S(N)(=O)=O)cc2)ccc1OCC(C)C. The lowest BCUT2D eigenvalue weighted by atomic mass is 10.1. The minimum atomic E-state index is -3.70. The quantitative estimate of drug-likeness (QED) is 0.614. The summed E-state index contributed by atoms with van der Waals surface area (Å²) in [5.41, 5.74) is 1.38. The molecule has 3 N–H and O–H groups in total. The number of carbonyl (C=O) groups excluding carboxylic acids is 1. The van der Waals surface area contributed by atoms with Gasteiger partial charge in [0.1, 0.15) is 0 Å². The van der Waals surface area contributed by atoms with E-state index < -0.39 is 10.0 Å². The third-order valence-corrected chi connectivity index (χ3v) is 4.96. The van der Waals surface area contributed by atoms with Gasteiger partial charge in [-0.05, 0) is 55.2 Å². The maximum absolute atomic E-state index is 12.5. The molecule has 0 saturated carbocycles. The predicted octanol–water partition coefficient (Wildman–Crippen LogP) is 2.74. The van der Waals surface area contributed by atoms with Crippen molar-refractivity contribution in [2.75, 3.05) is 19.8 Å². The Morgan fingerprint density at radius 1 is 1.07 bits per heavy atom. The number of carbonyl (C=O) groups is 1. The Morgan fingerprint density at radius 2 is 1.76 bits per heavy atom. The average molecular weight is 421 g/mol. The average Bonchev–Trinajstić information content (AvgIpc) is 2.66. The Bertz CT molecular complexity index is 925. The number of rotatable bonds is 10. The van der Waals surface area contributed by atoms with Crippen molar-refractivity contribution in [2.24, 2.45) is 11.1 Å². The summed E-state index contributed by atoms with van der Waals surface area (Å²) in [6, 6.07) is 11.4. The summed E-state index contributed by atoms with van der Waals surface area (Å²) >= 11 is 0. The smallest absolute Gasteiger partial charge is 0.251 e. The summed E-state index contributed by atoms with van der Waals surface area (Å²) in [7, 11) is -3.70. The number of sulfonamides is 1. The number of ether oxygens (including phenoxy) is 2. The molecule has 7 nitrogen and oxygen atoms in total. The Morgan fingerprint density at radius 3 is 2.34 bits per heavy atom. The maximum atomic E-state index is 12.5. The molecule has 0 aliphatic rings. The molecule has 0 aliphatic carbocycles. The Hall–Kier alpha value is -2.58. The van der Waals surface area contributed by atoms with Crippen LogP contribution in [-0.4, -0.2) is 34.1 Å². The van der Waals surface area contributed by atoms with Crippen LogP contribution in [-0.2, 0) is 16.4 Å². The molecule has 2 rings (SSSR count). The van der Waals surface area contributed by atoms with E-state index in [1.165, 1.54) is 12.1 Å². The molecule has 158 valence electrons. The van der Waals surface area contributed by atoms with Crippen molar-refractivity contribution in [1.82, 2.24) is 5.32 Å². The molecule has 2 aromatic rings. The molecule has 0 saturated heterocycles. The van der Waals surface area contributed by atoms with Crippen LogP contribution in [0.3, 0.4) is 0 Å². The van der Waals surface area contributed by atoms with Crippen LogP contribution >= 0.6 is 0 Å². The number of primary sulfonamides is 1. The normalized spacial score (nSPS) is 11.3. The van der Waals surface area contributed by atoms with Crippen LogP contribution < -0.4 is 19.9 Å². The highest BCUT2D eigenvalue weighted by atomic mass is 32.2. The summed E-state index contributed by atoms with van der Waals surface area (Å²) < 4.78 is 33.9. The van der Waals surface area contributed by atoms with Gasteiger partial charge in [0, 0.05) is 12.1 Å². The summed E-state index contributed by atoms with van der Waals surface area (Å²) in [5.74, 6) is 1.32. The van der Waals surface area contributed by atoms with Crippen LogP contribution in [0.1, 0.15) is 36.7 Å².